The minimum absolute atomic E-state index is 0.110. The van der Waals surface area contributed by atoms with E-state index < -0.39 is 0 Å². The van der Waals surface area contributed by atoms with E-state index in [0.29, 0.717) is 11.4 Å². The number of hydrogen-bond acceptors (Lipinski definition) is 2. The summed E-state index contributed by atoms with van der Waals surface area (Å²) in [6.45, 7) is 2.98. The molecule has 136 valence electrons. The molecule has 0 saturated heterocycles. The largest absolute Gasteiger partial charge is 0.364 e. The SMILES string of the molecule is CC(c1ccccc1)N(CC(CC#N)c1ccc(Cl)cc1)c1ccccc1. The lowest BCUT2D eigenvalue weighted by Gasteiger charge is -2.34. The van der Waals surface area contributed by atoms with Crippen molar-refractivity contribution < 1.29 is 0 Å². The van der Waals surface area contributed by atoms with Crippen LogP contribution in [0.5, 0.6) is 0 Å². The topological polar surface area (TPSA) is 27.0 Å². The van der Waals surface area contributed by atoms with Crippen molar-refractivity contribution in [3.63, 3.8) is 0 Å². The minimum Gasteiger partial charge on any atom is -0.364 e. The Morgan fingerprint density at radius 1 is 0.852 bits per heavy atom. The number of para-hydroxylation sites is 1. The lowest BCUT2D eigenvalue weighted by atomic mass is 9.94. The Morgan fingerprint density at radius 3 is 2.04 bits per heavy atom. The molecular formula is C24H23ClN2. The van der Waals surface area contributed by atoms with Crippen LogP contribution < -0.4 is 4.90 Å². The molecule has 0 heterocycles. The first-order valence-corrected chi connectivity index (χ1v) is 9.56. The van der Waals surface area contributed by atoms with Gasteiger partial charge in [-0.1, -0.05) is 72.3 Å². The fourth-order valence-corrected chi connectivity index (χ4v) is 3.51. The van der Waals surface area contributed by atoms with Crippen molar-refractivity contribution in [2.45, 2.75) is 25.3 Å². The summed E-state index contributed by atoms with van der Waals surface area (Å²) >= 11 is 6.05. The van der Waals surface area contributed by atoms with E-state index in [1.165, 1.54) is 5.56 Å². The molecule has 0 saturated carbocycles. The molecule has 3 aromatic carbocycles. The Hall–Kier alpha value is -2.76. The molecule has 0 aliphatic rings. The Balaban J connectivity index is 1.94. The summed E-state index contributed by atoms with van der Waals surface area (Å²) in [6.07, 6.45) is 0.465. The Labute approximate surface area is 166 Å². The van der Waals surface area contributed by atoms with Gasteiger partial charge in [0.05, 0.1) is 12.1 Å². The van der Waals surface area contributed by atoms with Gasteiger partial charge in [0.25, 0.3) is 0 Å². The molecule has 0 fully saturated rings. The molecule has 3 aromatic rings. The number of rotatable bonds is 7. The number of hydrogen-bond donors (Lipinski definition) is 0. The van der Waals surface area contributed by atoms with Crippen LogP contribution in [0, 0.1) is 11.3 Å². The number of nitrogens with zero attached hydrogens (tertiary/aromatic N) is 2. The van der Waals surface area contributed by atoms with Crippen molar-refractivity contribution in [3.05, 3.63) is 101 Å². The number of anilines is 1. The Bertz CT molecular complexity index is 870. The van der Waals surface area contributed by atoms with Crippen molar-refractivity contribution in [2.75, 3.05) is 11.4 Å². The highest BCUT2D eigenvalue weighted by atomic mass is 35.5. The van der Waals surface area contributed by atoms with E-state index in [4.69, 9.17) is 11.6 Å². The summed E-state index contributed by atoms with van der Waals surface area (Å²) in [6, 6.07) is 31.3. The maximum Gasteiger partial charge on any atom is 0.0628 e. The van der Waals surface area contributed by atoms with E-state index in [9.17, 15) is 5.26 Å². The summed E-state index contributed by atoms with van der Waals surface area (Å²) in [7, 11) is 0. The quantitative estimate of drug-likeness (QED) is 0.465. The molecule has 0 aromatic heterocycles. The van der Waals surface area contributed by atoms with E-state index in [0.717, 1.165) is 17.8 Å². The molecule has 0 radical (unpaired) electrons. The Kier molecular flexibility index (Phi) is 6.52. The van der Waals surface area contributed by atoms with Crippen molar-refractivity contribution >= 4 is 17.3 Å². The van der Waals surface area contributed by atoms with Crippen LogP contribution in [0.1, 0.15) is 36.4 Å². The second kappa shape index (κ2) is 9.26. The van der Waals surface area contributed by atoms with Crippen LogP contribution in [0.25, 0.3) is 0 Å². The molecule has 3 rings (SSSR count). The maximum atomic E-state index is 9.40. The Morgan fingerprint density at radius 2 is 1.44 bits per heavy atom. The van der Waals surface area contributed by atoms with E-state index in [1.807, 2.05) is 36.4 Å². The molecule has 2 atom stereocenters. The molecule has 0 amide bonds. The summed E-state index contributed by atoms with van der Waals surface area (Å²) in [5.41, 5.74) is 3.56. The third-order valence-corrected chi connectivity index (χ3v) is 5.19. The van der Waals surface area contributed by atoms with Gasteiger partial charge in [-0.15, -0.1) is 0 Å². The zero-order valence-electron chi connectivity index (χ0n) is 15.4. The van der Waals surface area contributed by atoms with Gasteiger partial charge >= 0.3 is 0 Å². The number of benzene rings is 3. The van der Waals surface area contributed by atoms with Gasteiger partial charge in [0, 0.05) is 29.6 Å². The average molecular weight is 375 g/mol. The van der Waals surface area contributed by atoms with E-state index in [-0.39, 0.29) is 12.0 Å². The molecule has 0 aliphatic carbocycles. The molecular weight excluding hydrogens is 352 g/mol. The first kappa shape index (κ1) is 19.0. The van der Waals surface area contributed by atoms with E-state index in [1.54, 1.807) is 0 Å². The molecule has 2 nitrogen and oxygen atoms in total. The number of halogens is 1. The molecule has 0 aliphatic heterocycles. The molecule has 0 spiro atoms. The third-order valence-electron chi connectivity index (χ3n) is 4.93. The maximum absolute atomic E-state index is 9.40. The van der Waals surface area contributed by atoms with Crippen molar-refractivity contribution in [3.8, 4) is 6.07 Å². The minimum atomic E-state index is 0.110. The molecule has 0 N–H and O–H groups in total. The van der Waals surface area contributed by atoms with Gasteiger partial charge in [0.1, 0.15) is 0 Å². The van der Waals surface area contributed by atoms with Crippen LogP contribution in [-0.2, 0) is 0 Å². The van der Waals surface area contributed by atoms with Gasteiger partial charge in [-0.2, -0.15) is 5.26 Å². The van der Waals surface area contributed by atoms with Crippen LogP contribution in [0.3, 0.4) is 0 Å². The second-order valence-corrected chi connectivity index (χ2v) is 7.12. The normalized spacial score (nSPS) is 12.8. The fourth-order valence-electron chi connectivity index (χ4n) is 3.39. The van der Waals surface area contributed by atoms with Crippen LogP contribution in [0.4, 0.5) is 5.69 Å². The molecule has 2 unspecified atom stereocenters. The van der Waals surface area contributed by atoms with Crippen LogP contribution in [0.15, 0.2) is 84.9 Å². The van der Waals surface area contributed by atoms with Crippen molar-refractivity contribution in [1.82, 2.24) is 0 Å². The van der Waals surface area contributed by atoms with Gasteiger partial charge in [-0.3, -0.25) is 0 Å². The predicted molar refractivity (Wildman–Crippen MR) is 113 cm³/mol. The highest BCUT2D eigenvalue weighted by Gasteiger charge is 2.22. The first-order valence-electron chi connectivity index (χ1n) is 9.18. The highest BCUT2D eigenvalue weighted by molar-refractivity contribution is 6.30. The highest BCUT2D eigenvalue weighted by Crippen LogP contribution is 2.31. The van der Waals surface area contributed by atoms with Gasteiger partial charge in [0.2, 0.25) is 0 Å². The van der Waals surface area contributed by atoms with Crippen LogP contribution in [0.2, 0.25) is 5.02 Å². The lowest BCUT2D eigenvalue weighted by Crippen LogP contribution is -2.31. The summed E-state index contributed by atoms with van der Waals surface area (Å²) in [4.78, 5) is 2.38. The first-order chi connectivity index (χ1) is 13.2. The average Bonchev–Trinajstić information content (AvgIpc) is 2.72. The van der Waals surface area contributed by atoms with Crippen LogP contribution >= 0.6 is 11.6 Å². The summed E-state index contributed by atoms with van der Waals surface area (Å²) < 4.78 is 0. The summed E-state index contributed by atoms with van der Waals surface area (Å²) in [5, 5.41) is 10.1. The lowest BCUT2D eigenvalue weighted by molar-refractivity contribution is 0.596. The fraction of sp³-hybridized carbons (Fsp3) is 0.208. The summed E-state index contributed by atoms with van der Waals surface area (Å²) in [5.74, 6) is 0.110. The van der Waals surface area contributed by atoms with Gasteiger partial charge in [-0.05, 0) is 42.3 Å². The standard InChI is InChI=1S/C24H23ClN2/c1-19(20-8-4-2-5-9-20)27(24-10-6-3-7-11-24)18-22(16-17-26)21-12-14-23(25)15-13-21/h2-15,19,22H,16,18H2,1H3. The molecule has 3 heteroatoms. The van der Waals surface area contributed by atoms with E-state index >= 15 is 0 Å². The smallest absolute Gasteiger partial charge is 0.0628 e. The van der Waals surface area contributed by atoms with Gasteiger partial charge in [0.15, 0.2) is 0 Å². The predicted octanol–water partition coefficient (Wildman–Crippen LogP) is 6.61. The van der Waals surface area contributed by atoms with Gasteiger partial charge in [-0.25, -0.2) is 0 Å². The van der Waals surface area contributed by atoms with Crippen molar-refractivity contribution in [1.29, 1.82) is 5.26 Å². The molecule has 27 heavy (non-hydrogen) atoms. The second-order valence-electron chi connectivity index (χ2n) is 6.69. The third kappa shape index (κ3) is 4.90. The zero-order valence-corrected chi connectivity index (χ0v) is 16.2. The number of nitriles is 1. The monoisotopic (exact) mass is 374 g/mol. The van der Waals surface area contributed by atoms with E-state index in [2.05, 4.69) is 66.4 Å². The van der Waals surface area contributed by atoms with Gasteiger partial charge < -0.3 is 4.90 Å². The van der Waals surface area contributed by atoms with Crippen molar-refractivity contribution in [2.24, 2.45) is 0 Å². The molecule has 0 bridgehead atoms. The van der Waals surface area contributed by atoms with Crippen LogP contribution in [-0.4, -0.2) is 6.54 Å². The zero-order chi connectivity index (χ0) is 19.1.